The van der Waals surface area contributed by atoms with Crippen LogP contribution in [0.1, 0.15) is 30.7 Å². The summed E-state index contributed by atoms with van der Waals surface area (Å²) in [5, 5.41) is 8.22. The van der Waals surface area contributed by atoms with Gasteiger partial charge in [-0.3, -0.25) is 9.48 Å². The van der Waals surface area contributed by atoms with E-state index in [1.54, 1.807) is 19.3 Å². The molecule has 1 N–H and O–H groups in total. The molecule has 1 heterocycles. The van der Waals surface area contributed by atoms with E-state index in [0.717, 1.165) is 23.4 Å². The van der Waals surface area contributed by atoms with Gasteiger partial charge in [0.25, 0.3) is 5.91 Å². The van der Waals surface area contributed by atoms with Crippen molar-refractivity contribution in [2.24, 2.45) is 5.10 Å². The van der Waals surface area contributed by atoms with Crippen LogP contribution in [0, 0.1) is 6.92 Å². The van der Waals surface area contributed by atoms with Crippen LogP contribution in [0.15, 0.2) is 47.2 Å². The largest absolute Gasteiger partial charge is 0.269 e. The van der Waals surface area contributed by atoms with Crippen LogP contribution >= 0.6 is 0 Å². The molecule has 0 aliphatic rings. The molecule has 0 saturated heterocycles. The van der Waals surface area contributed by atoms with Crippen LogP contribution in [0.3, 0.4) is 0 Å². The lowest BCUT2D eigenvalue weighted by Gasteiger charge is -2.01. The van der Waals surface area contributed by atoms with E-state index in [0.29, 0.717) is 5.57 Å². The third kappa shape index (κ3) is 3.91. The van der Waals surface area contributed by atoms with Crippen LogP contribution in [-0.4, -0.2) is 21.9 Å². The highest BCUT2D eigenvalue weighted by atomic mass is 16.2. The highest BCUT2D eigenvalue weighted by Gasteiger charge is 2.04. The number of hydrazone groups is 1. The van der Waals surface area contributed by atoms with Crippen molar-refractivity contribution in [3.63, 3.8) is 0 Å². The number of amides is 1. The predicted octanol–water partition coefficient (Wildman–Crippen LogP) is 2.77. The third-order valence-corrected chi connectivity index (χ3v) is 3.35. The van der Waals surface area contributed by atoms with Crippen LogP contribution in [0.2, 0.25) is 0 Å². The van der Waals surface area contributed by atoms with Crippen molar-refractivity contribution < 1.29 is 4.79 Å². The molecule has 0 aliphatic carbocycles. The molecule has 114 valence electrons. The number of hydrogen-bond donors (Lipinski definition) is 1. The molecular formula is C17H20N4O. The van der Waals surface area contributed by atoms with E-state index >= 15 is 0 Å². The van der Waals surface area contributed by atoms with Gasteiger partial charge in [0.2, 0.25) is 0 Å². The Kier molecular flexibility index (Phi) is 5.25. The smallest absolute Gasteiger partial charge is 0.267 e. The molecule has 0 aliphatic heterocycles. The highest BCUT2D eigenvalue weighted by Crippen LogP contribution is 2.06. The molecule has 1 aromatic heterocycles. The zero-order valence-electron chi connectivity index (χ0n) is 13.1. The molecular weight excluding hydrogens is 276 g/mol. The SMILES string of the molecule is CCn1ncc(/C=N/NC(=O)/C(C)=C\c2ccccc2)c1C. The second-order valence-electron chi connectivity index (χ2n) is 4.94. The van der Waals surface area contributed by atoms with E-state index in [1.807, 2.05) is 54.9 Å². The first kappa shape index (κ1) is 15.7. The van der Waals surface area contributed by atoms with Crippen molar-refractivity contribution >= 4 is 18.2 Å². The molecule has 0 bridgehead atoms. The van der Waals surface area contributed by atoms with Gasteiger partial charge in [0.15, 0.2) is 0 Å². The molecule has 0 unspecified atom stereocenters. The fourth-order valence-corrected chi connectivity index (χ4v) is 2.02. The highest BCUT2D eigenvalue weighted by molar-refractivity contribution is 5.97. The van der Waals surface area contributed by atoms with Crippen LogP contribution in [0.4, 0.5) is 0 Å². The quantitative estimate of drug-likeness (QED) is 0.524. The topological polar surface area (TPSA) is 59.3 Å². The number of rotatable bonds is 5. The van der Waals surface area contributed by atoms with Crippen molar-refractivity contribution in [2.45, 2.75) is 27.3 Å². The van der Waals surface area contributed by atoms with Crippen molar-refractivity contribution in [3.05, 3.63) is 58.9 Å². The van der Waals surface area contributed by atoms with E-state index in [4.69, 9.17) is 0 Å². The Bertz CT molecular complexity index is 699. The number of hydrogen-bond acceptors (Lipinski definition) is 3. The zero-order chi connectivity index (χ0) is 15.9. The first-order valence-electron chi connectivity index (χ1n) is 7.21. The second-order valence-corrected chi connectivity index (χ2v) is 4.94. The van der Waals surface area contributed by atoms with E-state index in [9.17, 15) is 4.79 Å². The number of nitrogens with one attached hydrogen (secondary N) is 1. The van der Waals surface area contributed by atoms with Crippen LogP contribution in [0.5, 0.6) is 0 Å². The average molecular weight is 296 g/mol. The predicted molar refractivity (Wildman–Crippen MR) is 88.5 cm³/mol. The minimum absolute atomic E-state index is 0.222. The van der Waals surface area contributed by atoms with Crippen LogP contribution in [-0.2, 0) is 11.3 Å². The lowest BCUT2D eigenvalue weighted by atomic mass is 10.1. The first-order valence-corrected chi connectivity index (χ1v) is 7.21. The van der Waals surface area contributed by atoms with E-state index < -0.39 is 0 Å². The zero-order valence-corrected chi connectivity index (χ0v) is 13.1. The summed E-state index contributed by atoms with van der Waals surface area (Å²) in [6.07, 6.45) is 5.18. The molecule has 5 heteroatoms. The Morgan fingerprint density at radius 3 is 2.73 bits per heavy atom. The van der Waals surface area contributed by atoms with Gasteiger partial charge < -0.3 is 0 Å². The molecule has 0 fully saturated rings. The maximum atomic E-state index is 12.0. The average Bonchev–Trinajstić information content (AvgIpc) is 2.88. The third-order valence-electron chi connectivity index (χ3n) is 3.35. The number of aromatic nitrogens is 2. The van der Waals surface area contributed by atoms with Crippen molar-refractivity contribution in [2.75, 3.05) is 0 Å². The van der Waals surface area contributed by atoms with Crippen LogP contribution < -0.4 is 5.43 Å². The van der Waals surface area contributed by atoms with Crippen molar-refractivity contribution in [3.8, 4) is 0 Å². The van der Waals surface area contributed by atoms with Crippen molar-refractivity contribution in [1.82, 2.24) is 15.2 Å². The Balaban J connectivity index is 1.98. The van der Waals surface area contributed by atoms with E-state index in [-0.39, 0.29) is 5.91 Å². The first-order chi connectivity index (χ1) is 10.6. The fourth-order valence-electron chi connectivity index (χ4n) is 2.02. The van der Waals surface area contributed by atoms with Gasteiger partial charge in [-0.2, -0.15) is 10.2 Å². The summed E-state index contributed by atoms with van der Waals surface area (Å²) < 4.78 is 1.88. The molecule has 22 heavy (non-hydrogen) atoms. The van der Waals surface area contributed by atoms with E-state index in [2.05, 4.69) is 15.6 Å². The Morgan fingerprint density at radius 1 is 1.36 bits per heavy atom. The number of aryl methyl sites for hydroxylation is 1. The Hall–Kier alpha value is -2.69. The monoisotopic (exact) mass is 296 g/mol. The van der Waals surface area contributed by atoms with Gasteiger partial charge in [-0.25, -0.2) is 5.43 Å². The number of nitrogens with zero attached hydrogens (tertiary/aromatic N) is 3. The molecule has 5 nitrogen and oxygen atoms in total. The fraction of sp³-hybridized carbons (Fsp3) is 0.235. The lowest BCUT2D eigenvalue weighted by molar-refractivity contribution is -0.117. The van der Waals surface area contributed by atoms with Gasteiger partial charge in [-0.1, -0.05) is 30.3 Å². The summed E-state index contributed by atoms with van der Waals surface area (Å²) in [6, 6.07) is 9.70. The normalized spacial score (nSPS) is 11.9. The number of benzene rings is 1. The van der Waals surface area contributed by atoms with Crippen LogP contribution in [0.25, 0.3) is 6.08 Å². The maximum absolute atomic E-state index is 12.0. The molecule has 2 aromatic rings. The standard InChI is InChI=1S/C17H20N4O/c1-4-21-14(3)16(12-19-21)11-18-20-17(22)13(2)10-15-8-6-5-7-9-15/h5-12H,4H2,1-3H3,(H,20,22)/b13-10-,18-11+. The molecule has 0 atom stereocenters. The minimum Gasteiger partial charge on any atom is -0.269 e. The molecule has 1 amide bonds. The Labute approximate surface area is 130 Å². The van der Waals surface area contributed by atoms with Gasteiger partial charge >= 0.3 is 0 Å². The summed E-state index contributed by atoms with van der Waals surface area (Å²) in [4.78, 5) is 12.0. The number of carbonyl (C=O) groups is 1. The second kappa shape index (κ2) is 7.36. The maximum Gasteiger partial charge on any atom is 0.267 e. The van der Waals surface area contributed by atoms with Gasteiger partial charge in [0.05, 0.1) is 12.4 Å². The molecule has 0 saturated carbocycles. The van der Waals surface area contributed by atoms with Gasteiger partial charge in [-0.05, 0) is 32.4 Å². The van der Waals surface area contributed by atoms with Crippen molar-refractivity contribution in [1.29, 1.82) is 0 Å². The summed E-state index contributed by atoms with van der Waals surface area (Å²) in [7, 11) is 0. The Morgan fingerprint density at radius 2 is 2.09 bits per heavy atom. The molecule has 1 aromatic carbocycles. The summed E-state index contributed by atoms with van der Waals surface area (Å²) >= 11 is 0. The minimum atomic E-state index is -0.222. The molecule has 0 spiro atoms. The van der Waals surface area contributed by atoms with E-state index in [1.165, 1.54) is 0 Å². The van der Waals surface area contributed by atoms with Gasteiger partial charge in [0.1, 0.15) is 0 Å². The summed E-state index contributed by atoms with van der Waals surface area (Å²) in [5.41, 5.74) is 6.04. The number of carbonyl (C=O) groups excluding carboxylic acids is 1. The van der Waals surface area contributed by atoms with Gasteiger partial charge in [0, 0.05) is 23.4 Å². The molecule has 0 radical (unpaired) electrons. The summed E-state index contributed by atoms with van der Waals surface area (Å²) in [5.74, 6) is -0.222. The summed E-state index contributed by atoms with van der Waals surface area (Å²) in [6.45, 7) is 6.57. The molecule has 2 rings (SSSR count). The lowest BCUT2D eigenvalue weighted by Crippen LogP contribution is -2.18. The van der Waals surface area contributed by atoms with Gasteiger partial charge in [-0.15, -0.1) is 0 Å².